The number of primary amides is 1. The van der Waals surface area contributed by atoms with Crippen molar-refractivity contribution in [3.8, 4) is 17.2 Å². The number of nitrogens with two attached hydrogens (primary N) is 1. The number of amides is 1. The van der Waals surface area contributed by atoms with Crippen LogP contribution in [0.5, 0.6) is 0 Å². The third kappa shape index (κ3) is 5.07. The summed E-state index contributed by atoms with van der Waals surface area (Å²) in [7, 11) is 0. The average molecular weight is 448 g/mol. The molecule has 1 aliphatic carbocycles. The van der Waals surface area contributed by atoms with E-state index in [0.29, 0.717) is 5.56 Å². The highest BCUT2D eigenvalue weighted by molar-refractivity contribution is 5.80. The molecule has 1 fully saturated rings. The van der Waals surface area contributed by atoms with Gasteiger partial charge in [0.1, 0.15) is 17.2 Å². The smallest absolute Gasteiger partial charge is 0.368 e. The van der Waals surface area contributed by atoms with Crippen LogP contribution in [0.1, 0.15) is 44.7 Å². The first-order valence-corrected chi connectivity index (χ1v) is 10.1. The Morgan fingerprint density at radius 3 is 2.06 bits per heavy atom. The first kappa shape index (κ1) is 23.7. The molecule has 2 N–H and O–H groups in total. The normalized spacial score (nSPS) is 17.4. The SMILES string of the molecule is CC(C)(F)C[C@@H](C(N)=O)N([C@@H](c1ccc(-c2ccncc2)cc1)C(F)(F)F)C1(C#N)CC1. The summed E-state index contributed by atoms with van der Waals surface area (Å²) in [4.78, 5) is 17.0. The molecule has 0 bridgehead atoms. The number of carbonyl (C=O) groups is 1. The summed E-state index contributed by atoms with van der Waals surface area (Å²) in [5.74, 6) is -1.10. The summed E-state index contributed by atoms with van der Waals surface area (Å²) in [6.45, 7) is 2.33. The van der Waals surface area contributed by atoms with Crippen molar-refractivity contribution in [2.45, 2.75) is 62.6 Å². The Balaban J connectivity index is 2.10. The Labute approximate surface area is 183 Å². The van der Waals surface area contributed by atoms with Gasteiger partial charge in [-0.1, -0.05) is 24.3 Å². The summed E-state index contributed by atoms with van der Waals surface area (Å²) in [5.41, 5.74) is 3.26. The van der Waals surface area contributed by atoms with Crippen molar-refractivity contribution in [1.29, 1.82) is 5.26 Å². The number of pyridine rings is 1. The third-order valence-electron chi connectivity index (χ3n) is 5.60. The molecule has 2 atom stereocenters. The molecule has 32 heavy (non-hydrogen) atoms. The highest BCUT2D eigenvalue weighted by atomic mass is 19.4. The van der Waals surface area contributed by atoms with Gasteiger partial charge in [0, 0.05) is 18.8 Å². The van der Waals surface area contributed by atoms with Gasteiger partial charge in [-0.05, 0) is 55.5 Å². The second kappa shape index (κ2) is 8.51. The third-order valence-corrected chi connectivity index (χ3v) is 5.60. The molecule has 1 aromatic carbocycles. The van der Waals surface area contributed by atoms with Crippen LogP contribution in [0.4, 0.5) is 17.6 Å². The number of benzene rings is 1. The number of rotatable bonds is 8. The summed E-state index contributed by atoms with van der Waals surface area (Å²) < 4.78 is 57.7. The number of hydrogen-bond donors (Lipinski definition) is 1. The predicted molar refractivity (Wildman–Crippen MR) is 111 cm³/mol. The fraction of sp³-hybridized carbons (Fsp3) is 0.435. The van der Waals surface area contributed by atoms with E-state index in [1.165, 1.54) is 38.1 Å². The Bertz CT molecular complexity index is 990. The van der Waals surface area contributed by atoms with Gasteiger partial charge >= 0.3 is 6.18 Å². The van der Waals surface area contributed by atoms with Gasteiger partial charge in [0.2, 0.25) is 5.91 Å². The summed E-state index contributed by atoms with van der Waals surface area (Å²) >= 11 is 0. The Hall–Kier alpha value is -2.99. The number of nitriles is 1. The molecule has 1 aliphatic rings. The summed E-state index contributed by atoms with van der Waals surface area (Å²) in [5, 5.41) is 9.70. The van der Waals surface area contributed by atoms with Gasteiger partial charge in [-0.15, -0.1) is 0 Å². The zero-order chi connectivity index (χ0) is 23.7. The summed E-state index contributed by atoms with van der Waals surface area (Å²) in [6, 6.07) is 7.16. The molecule has 5 nitrogen and oxygen atoms in total. The number of nitrogens with zero attached hydrogens (tertiary/aromatic N) is 3. The monoisotopic (exact) mass is 448 g/mol. The van der Waals surface area contributed by atoms with E-state index in [1.807, 2.05) is 6.07 Å². The molecular weight excluding hydrogens is 424 g/mol. The van der Waals surface area contributed by atoms with E-state index in [4.69, 9.17) is 5.73 Å². The van der Waals surface area contributed by atoms with Gasteiger partial charge in [-0.25, -0.2) is 4.39 Å². The molecule has 3 rings (SSSR count). The van der Waals surface area contributed by atoms with Crippen molar-refractivity contribution in [3.63, 3.8) is 0 Å². The van der Waals surface area contributed by atoms with Gasteiger partial charge in [0.25, 0.3) is 0 Å². The molecule has 1 saturated carbocycles. The quantitative estimate of drug-likeness (QED) is 0.594. The first-order chi connectivity index (χ1) is 14.9. The molecule has 0 radical (unpaired) electrons. The van der Waals surface area contributed by atoms with Crippen LogP contribution in [0.3, 0.4) is 0 Å². The maximum Gasteiger partial charge on any atom is 0.408 e. The van der Waals surface area contributed by atoms with Crippen LogP contribution in [0, 0.1) is 11.3 Å². The number of carbonyl (C=O) groups excluding carboxylic acids is 1. The van der Waals surface area contributed by atoms with Crippen molar-refractivity contribution < 1.29 is 22.4 Å². The topological polar surface area (TPSA) is 83.0 Å². The maximum atomic E-state index is 14.5. The van der Waals surface area contributed by atoms with Gasteiger partial charge < -0.3 is 5.73 Å². The Morgan fingerprint density at radius 1 is 1.12 bits per heavy atom. The minimum Gasteiger partial charge on any atom is -0.368 e. The molecule has 9 heteroatoms. The maximum absolute atomic E-state index is 14.5. The predicted octanol–water partition coefficient (Wildman–Crippen LogP) is 4.70. The molecule has 0 unspecified atom stereocenters. The molecule has 1 heterocycles. The van der Waals surface area contributed by atoms with Crippen LogP contribution < -0.4 is 5.73 Å². The number of halogens is 4. The minimum atomic E-state index is -4.83. The van der Waals surface area contributed by atoms with E-state index in [2.05, 4.69) is 4.98 Å². The standard InChI is InChI=1S/C23H24F4N4O/c1-21(2,24)13-18(20(29)32)31(22(14-28)9-10-22)19(23(25,26)27)17-5-3-15(4-6-17)16-7-11-30-12-8-16/h3-8,11-12,18-19H,9-10,13H2,1-2H3,(H2,29,32)/t18-,19-/m0/s1. The van der Waals surface area contributed by atoms with E-state index < -0.39 is 41.8 Å². The molecule has 0 saturated heterocycles. The zero-order valence-corrected chi connectivity index (χ0v) is 17.7. The van der Waals surface area contributed by atoms with Crippen LogP contribution in [0.25, 0.3) is 11.1 Å². The fourth-order valence-corrected chi connectivity index (χ4v) is 3.98. The van der Waals surface area contributed by atoms with E-state index in [1.54, 1.807) is 24.5 Å². The molecular formula is C23H24F4N4O. The van der Waals surface area contributed by atoms with Gasteiger partial charge in [0.05, 0.1) is 12.1 Å². The Kier molecular flexibility index (Phi) is 6.29. The Morgan fingerprint density at radius 2 is 1.66 bits per heavy atom. The molecule has 0 spiro atoms. The second-order valence-electron chi connectivity index (χ2n) is 8.69. The fourth-order valence-electron chi connectivity index (χ4n) is 3.98. The zero-order valence-electron chi connectivity index (χ0n) is 17.7. The second-order valence-corrected chi connectivity index (χ2v) is 8.69. The highest BCUT2D eigenvalue weighted by Gasteiger charge is 2.61. The highest BCUT2D eigenvalue weighted by Crippen LogP contribution is 2.52. The van der Waals surface area contributed by atoms with Crippen molar-refractivity contribution >= 4 is 5.91 Å². The summed E-state index contributed by atoms with van der Waals surface area (Å²) in [6.07, 6.45) is -1.97. The van der Waals surface area contributed by atoms with E-state index in [-0.39, 0.29) is 18.4 Å². The minimum absolute atomic E-state index is 0.141. The van der Waals surface area contributed by atoms with Crippen molar-refractivity contribution in [3.05, 3.63) is 54.4 Å². The van der Waals surface area contributed by atoms with E-state index in [0.717, 1.165) is 10.5 Å². The van der Waals surface area contributed by atoms with Gasteiger partial charge in [-0.3, -0.25) is 14.7 Å². The lowest BCUT2D eigenvalue weighted by molar-refractivity contribution is -0.201. The number of aromatic nitrogens is 1. The number of hydrogen-bond acceptors (Lipinski definition) is 4. The molecule has 0 aliphatic heterocycles. The van der Waals surface area contributed by atoms with Crippen LogP contribution in [0.2, 0.25) is 0 Å². The lowest BCUT2D eigenvalue weighted by atomic mass is 9.92. The average Bonchev–Trinajstić information content (AvgIpc) is 3.50. The van der Waals surface area contributed by atoms with Gasteiger partial charge in [0.15, 0.2) is 0 Å². The lowest BCUT2D eigenvalue weighted by Gasteiger charge is -2.42. The lowest BCUT2D eigenvalue weighted by Crippen LogP contribution is -2.57. The largest absolute Gasteiger partial charge is 0.408 e. The van der Waals surface area contributed by atoms with Crippen LogP contribution >= 0.6 is 0 Å². The molecule has 170 valence electrons. The van der Waals surface area contributed by atoms with Gasteiger partial charge in [-0.2, -0.15) is 18.4 Å². The van der Waals surface area contributed by atoms with Crippen LogP contribution in [0.15, 0.2) is 48.8 Å². The van der Waals surface area contributed by atoms with E-state index in [9.17, 15) is 27.6 Å². The van der Waals surface area contributed by atoms with Crippen LogP contribution in [-0.2, 0) is 4.79 Å². The molecule has 1 amide bonds. The number of alkyl halides is 4. The van der Waals surface area contributed by atoms with Crippen LogP contribution in [-0.4, -0.2) is 39.2 Å². The molecule has 2 aromatic rings. The van der Waals surface area contributed by atoms with Crippen molar-refractivity contribution in [1.82, 2.24) is 9.88 Å². The molecule has 1 aromatic heterocycles. The van der Waals surface area contributed by atoms with Crippen molar-refractivity contribution in [2.24, 2.45) is 5.73 Å². The van der Waals surface area contributed by atoms with E-state index >= 15 is 0 Å². The first-order valence-electron chi connectivity index (χ1n) is 10.1. The van der Waals surface area contributed by atoms with Crippen molar-refractivity contribution in [2.75, 3.05) is 0 Å².